The van der Waals surface area contributed by atoms with Crippen molar-refractivity contribution in [2.75, 3.05) is 6.61 Å². The summed E-state index contributed by atoms with van der Waals surface area (Å²) in [4.78, 5) is 14.8. The van der Waals surface area contributed by atoms with E-state index in [0.29, 0.717) is 34.8 Å². The topological polar surface area (TPSA) is 43.4 Å². The summed E-state index contributed by atoms with van der Waals surface area (Å²) in [5.74, 6) is 1.32. The number of hydrogen-bond donors (Lipinski definition) is 0. The molecule has 0 spiro atoms. The molecule has 2 aromatic carbocycles. The van der Waals surface area contributed by atoms with Gasteiger partial charge < -0.3 is 4.43 Å². The third-order valence-corrected chi connectivity index (χ3v) is 11.6. The number of ketones is 1. The van der Waals surface area contributed by atoms with Crippen molar-refractivity contribution >= 4 is 37.2 Å². The molecule has 0 saturated heterocycles. The SMILES string of the molecule is C[Si](C)OC[C@]12CC[C@@H]3c4ccc(C(C)(C)C)cc4CC[C@H]3[C@@H]1CC(S(=O)c1ccc(Cl)cc1)C2=O. The predicted molar refractivity (Wildman–Crippen MR) is 150 cm³/mol. The maximum absolute atomic E-state index is 14.1. The number of halogens is 1. The molecule has 3 aliphatic rings. The van der Waals surface area contributed by atoms with Gasteiger partial charge in [0.2, 0.25) is 9.04 Å². The Morgan fingerprint density at radius 3 is 2.50 bits per heavy atom. The Kier molecular flexibility index (Phi) is 7.17. The molecule has 193 valence electrons. The molecule has 3 nitrogen and oxygen atoms in total. The molecule has 0 amide bonds. The lowest BCUT2D eigenvalue weighted by molar-refractivity contribution is -0.133. The summed E-state index contributed by atoms with van der Waals surface area (Å²) in [6, 6.07) is 14.3. The van der Waals surface area contributed by atoms with Crippen LogP contribution in [-0.4, -0.2) is 30.9 Å². The molecule has 0 N–H and O–H groups in total. The Morgan fingerprint density at radius 2 is 1.83 bits per heavy atom. The van der Waals surface area contributed by atoms with Crippen molar-refractivity contribution in [2.24, 2.45) is 17.3 Å². The second-order valence-electron chi connectivity index (χ2n) is 12.3. The van der Waals surface area contributed by atoms with Crippen molar-refractivity contribution in [3.05, 3.63) is 64.2 Å². The Labute approximate surface area is 225 Å². The monoisotopic (exact) mass is 541 g/mol. The van der Waals surface area contributed by atoms with Crippen LogP contribution in [0.3, 0.4) is 0 Å². The first-order chi connectivity index (χ1) is 17.0. The summed E-state index contributed by atoms with van der Waals surface area (Å²) in [6.07, 6.45) is 4.70. The molecule has 36 heavy (non-hydrogen) atoms. The molecule has 0 bridgehead atoms. The minimum atomic E-state index is -1.38. The molecule has 3 aliphatic carbocycles. The second-order valence-corrected chi connectivity index (χ2v) is 16.5. The molecular weight excluding hydrogens is 504 g/mol. The van der Waals surface area contributed by atoms with Gasteiger partial charge in [0.25, 0.3) is 0 Å². The van der Waals surface area contributed by atoms with E-state index in [1.807, 2.05) is 12.1 Å². The van der Waals surface area contributed by atoms with Crippen LogP contribution in [0.1, 0.15) is 69.1 Å². The summed E-state index contributed by atoms with van der Waals surface area (Å²) < 4.78 is 20.0. The number of hydrogen-bond acceptors (Lipinski definition) is 3. The average Bonchev–Trinajstić information content (AvgIpc) is 3.14. The fraction of sp³-hybridized carbons (Fsp3) is 0.567. The summed E-state index contributed by atoms with van der Waals surface area (Å²) in [5.41, 5.74) is 4.01. The molecule has 0 aliphatic heterocycles. The van der Waals surface area contributed by atoms with Gasteiger partial charge in [0.05, 0.1) is 21.5 Å². The Morgan fingerprint density at radius 1 is 1.11 bits per heavy atom. The quantitative estimate of drug-likeness (QED) is 0.379. The molecule has 5 rings (SSSR count). The lowest BCUT2D eigenvalue weighted by Gasteiger charge is -2.49. The second kappa shape index (κ2) is 9.80. The Hall–Kier alpha value is -1.27. The van der Waals surface area contributed by atoms with Gasteiger partial charge in [-0.05, 0) is 109 Å². The summed E-state index contributed by atoms with van der Waals surface area (Å²) in [5, 5.41) is 0.151. The standard InChI is InChI=1S/C30H38ClO3SSi/c1-29(2,3)20-7-13-23-19(16-20)6-12-25-24(23)14-15-30(18-34-36(4)5)26(25)17-27(28(30)32)35(33)22-10-8-21(31)9-11-22/h7-11,13,16,24-27H,6,12,14-15,17-18H2,1-5H3/t24-,25-,26+,27?,30-,35?/m1/s1. The van der Waals surface area contributed by atoms with Crippen molar-refractivity contribution < 1.29 is 13.4 Å². The fourth-order valence-corrected chi connectivity index (χ4v) is 9.29. The highest BCUT2D eigenvalue weighted by Gasteiger charge is 2.62. The van der Waals surface area contributed by atoms with E-state index in [-0.39, 0.29) is 17.1 Å². The average molecular weight is 542 g/mol. The smallest absolute Gasteiger partial charge is 0.204 e. The number of rotatable bonds is 5. The van der Waals surface area contributed by atoms with Crippen LogP contribution in [0.25, 0.3) is 0 Å². The fourth-order valence-electron chi connectivity index (χ4n) is 7.07. The number of aryl methyl sites for hydroxylation is 1. The van der Waals surface area contributed by atoms with E-state index in [1.165, 1.54) is 16.7 Å². The van der Waals surface area contributed by atoms with Gasteiger partial charge in [0, 0.05) is 16.5 Å². The van der Waals surface area contributed by atoms with Crippen LogP contribution in [0.4, 0.5) is 0 Å². The van der Waals surface area contributed by atoms with Crippen LogP contribution >= 0.6 is 11.6 Å². The van der Waals surface area contributed by atoms with E-state index in [0.717, 1.165) is 25.7 Å². The van der Waals surface area contributed by atoms with Crippen molar-refractivity contribution in [1.29, 1.82) is 0 Å². The summed E-state index contributed by atoms with van der Waals surface area (Å²) >= 11 is 6.07. The Balaban J connectivity index is 1.48. The zero-order valence-electron chi connectivity index (χ0n) is 22.1. The number of benzene rings is 2. The third-order valence-electron chi connectivity index (χ3n) is 8.97. The van der Waals surface area contributed by atoms with E-state index in [2.05, 4.69) is 52.1 Å². The van der Waals surface area contributed by atoms with Crippen LogP contribution in [0.2, 0.25) is 18.1 Å². The largest absolute Gasteiger partial charge is 0.416 e. The van der Waals surface area contributed by atoms with Crippen molar-refractivity contribution in [3.63, 3.8) is 0 Å². The summed E-state index contributed by atoms with van der Waals surface area (Å²) in [6.45, 7) is 11.6. The van der Waals surface area contributed by atoms with Gasteiger partial charge in [0.15, 0.2) is 5.78 Å². The highest BCUT2D eigenvalue weighted by molar-refractivity contribution is 7.86. The maximum Gasteiger partial charge on any atom is 0.204 e. The third kappa shape index (κ3) is 4.59. The Bertz CT molecular complexity index is 1170. The van der Waals surface area contributed by atoms with E-state index in [4.69, 9.17) is 16.0 Å². The van der Waals surface area contributed by atoms with E-state index in [9.17, 15) is 9.00 Å². The lowest BCUT2D eigenvalue weighted by atomic mass is 9.55. The first-order valence-corrected chi connectivity index (χ1v) is 17.3. The molecule has 0 aromatic heterocycles. The van der Waals surface area contributed by atoms with Gasteiger partial charge >= 0.3 is 0 Å². The summed E-state index contributed by atoms with van der Waals surface area (Å²) in [7, 11) is -2.31. The normalized spacial score (nSPS) is 30.6. The number of carbonyl (C=O) groups excluding carboxylic acids is 1. The van der Waals surface area contributed by atoms with Gasteiger partial charge in [-0.15, -0.1) is 0 Å². The van der Waals surface area contributed by atoms with Crippen LogP contribution in [0, 0.1) is 17.3 Å². The minimum absolute atomic E-state index is 0.140. The predicted octanol–water partition coefficient (Wildman–Crippen LogP) is 7.10. The molecule has 6 atom stereocenters. The maximum atomic E-state index is 14.1. The molecule has 2 saturated carbocycles. The number of Topliss-reactive ketones (excluding diaryl/α,β-unsaturated/α-hetero) is 1. The van der Waals surface area contributed by atoms with E-state index < -0.39 is 30.5 Å². The lowest BCUT2D eigenvalue weighted by Crippen LogP contribution is -2.48. The molecule has 2 unspecified atom stereocenters. The first-order valence-electron chi connectivity index (χ1n) is 13.3. The molecular formula is C30H38ClO3SSi. The molecule has 0 heterocycles. The van der Waals surface area contributed by atoms with Crippen molar-refractivity contribution in [3.8, 4) is 0 Å². The van der Waals surface area contributed by atoms with Gasteiger partial charge in [-0.25, -0.2) is 0 Å². The van der Waals surface area contributed by atoms with Crippen LogP contribution in [0.15, 0.2) is 47.4 Å². The van der Waals surface area contributed by atoms with Crippen molar-refractivity contribution in [1.82, 2.24) is 0 Å². The zero-order valence-corrected chi connectivity index (χ0v) is 24.7. The van der Waals surface area contributed by atoms with Gasteiger partial charge in [-0.1, -0.05) is 50.6 Å². The van der Waals surface area contributed by atoms with E-state index in [1.54, 1.807) is 12.1 Å². The molecule has 1 radical (unpaired) electrons. The van der Waals surface area contributed by atoms with Gasteiger partial charge in [-0.3, -0.25) is 9.00 Å². The van der Waals surface area contributed by atoms with Crippen LogP contribution in [-0.2, 0) is 31.9 Å². The van der Waals surface area contributed by atoms with Crippen molar-refractivity contribution in [2.45, 2.75) is 87.4 Å². The number of carbonyl (C=O) groups is 1. The zero-order chi connectivity index (χ0) is 25.8. The highest BCUT2D eigenvalue weighted by atomic mass is 35.5. The van der Waals surface area contributed by atoms with Crippen LogP contribution < -0.4 is 0 Å². The van der Waals surface area contributed by atoms with Crippen LogP contribution in [0.5, 0.6) is 0 Å². The molecule has 6 heteroatoms. The molecule has 2 fully saturated rings. The first kappa shape index (κ1) is 26.3. The molecule has 2 aromatic rings. The minimum Gasteiger partial charge on any atom is -0.416 e. The van der Waals surface area contributed by atoms with Gasteiger partial charge in [-0.2, -0.15) is 0 Å². The number of fused-ring (bicyclic) bond motifs is 5. The van der Waals surface area contributed by atoms with Gasteiger partial charge in [0.1, 0.15) is 0 Å². The highest BCUT2D eigenvalue weighted by Crippen LogP contribution is 2.61. The van der Waals surface area contributed by atoms with E-state index >= 15 is 0 Å².